The summed E-state index contributed by atoms with van der Waals surface area (Å²) in [7, 11) is 0. The van der Waals surface area contributed by atoms with Crippen LogP contribution in [0.5, 0.6) is 0 Å². The van der Waals surface area contributed by atoms with Gasteiger partial charge in [0.1, 0.15) is 6.29 Å². The molecule has 2 nitrogen and oxygen atoms in total. The highest BCUT2D eigenvalue weighted by atomic mass is 16.1. The standard InChI is InChI=1S/C12H14O2/c13-7-3-4-9-8-12(14)11-6-2-1-5-10(9)11/h3-4,7-8,10-11H,1-2,5-6H2/b4-3-/t10-,11+/m1/s1. The Hall–Kier alpha value is -1.18. The maximum Gasteiger partial charge on any atom is 0.159 e. The molecule has 0 radical (unpaired) electrons. The second-order valence-electron chi connectivity index (χ2n) is 4.04. The molecular formula is C12H14O2. The molecule has 0 aromatic heterocycles. The van der Waals surface area contributed by atoms with Crippen LogP contribution in [0.25, 0.3) is 0 Å². The number of hydrogen-bond acceptors (Lipinski definition) is 2. The molecule has 2 heteroatoms. The molecule has 0 aliphatic heterocycles. The van der Waals surface area contributed by atoms with Gasteiger partial charge in [-0.2, -0.15) is 0 Å². The third kappa shape index (κ3) is 1.57. The average molecular weight is 190 g/mol. The molecule has 0 N–H and O–H groups in total. The lowest BCUT2D eigenvalue weighted by atomic mass is 9.78. The van der Waals surface area contributed by atoms with Gasteiger partial charge in [0.05, 0.1) is 0 Å². The molecule has 2 aliphatic rings. The second-order valence-corrected chi connectivity index (χ2v) is 4.04. The van der Waals surface area contributed by atoms with E-state index in [-0.39, 0.29) is 11.7 Å². The summed E-state index contributed by atoms with van der Waals surface area (Å²) in [6.07, 6.45) is 10.3. The van der Waals surface area contributed by atoms with Gasteiger partial charge in [-0.1, -0.05) is 18.9 Å². The number of fused-ring (bicyclic) bond motifs is 1. The van der Waals surface area contributed by atoms with E-state index in [1.54, 1.807) is 12.2 Å². The van der Waals surface area contributed by atoms with E-state index in [2.05, 4.69) is 0 Å². The quantitative estimate of drug-likeness (QED) is 0.493. The third-order valence-corrected chi connectivity index (χ3v) is 3.24. The van der Waals surface area contributed by atoms with Crippen molar-refractivity contribution in [1.29, 1.82) is 0 Å². The molecule has 14 heavy (non-hydrogen) atoms. The minimum absolute atomic E-state index is 0.218. The summed E-state index contributed by atoms with van der Waals surface area (Å²) in [4.78, 5) is 21.8. The Morgan fingerprint density at radius 2 is 1.93 bits per heavy atom. The molecular weight excluding hydrogens is 176 g/mol. The van der Waals surface area contributed by atoms with E-state index in [1.165, 1.54) is 18.9 Å². The number of hydrogen-bond donors (Lipinski definition) is 0. The fourth-order valence-corrected chi connectivity index (χ4v) is 2.57. The van der Waals surface area contributed by atoms with Gasteiger partial charge in [-0.25, -0.2) is 0 Å². The van der Waals surface area contributed by atoms with Gasteiger partial charge in [0.2, 0.25) is 0 Å². The van der Waals surface area contributed by atoms with Crippen LogP contribution >= 0.6 is 0 Å². The Morgan fingerprint density at radius 3 is 2.64 bits per heavy atom. The summed E-state index contributed by atoms with van der Waals surface area (Å²) in [5.74, 6) is 0.878. The van der Waals surface area contributed by atoms with Gasteiger partial charge in [0.25, 0.3) is 0 Å². The van der Waals surface area contributed by atoms with Gasteiger partial charge in [0.15, 0.2) is 5.78 Å². The molecule has 0 heterocycles. The summed E-state index contributed by atoms with van der Waals surface area (Å²) in [5, 5.41) is 0. The Balaban J connectivity index is 2.17. The largest absolute Gasteiger partial charge is 0.299 e. The van der Waals surface area contributed by atoms with Crippen molar-refractivity contribution < 1.29 is 9.59 Å². The lowest BCUT2D eigenvalue weighted by Crippen LogP contribution is -2.20. The number of rotatable bonds is 2. The molecule has 2 atom stereocenters. The average Bonchev–Trinajstić information content (AvgIpc) is 2.54. The van der Waals surface area contributed by atoms with Crippen molar-refractivity contribution in [2.75, 3.05) is 0 Å². The van der Waals surface area contributed by atoms with Crippen molar-refractivity contribution in [3.8, 4) is 0 Å². The van der Waals surface area contributed by atoms with Crippen LogP contribution in [0.2, 0.25) is 0 Å². The minimum Gasteiger partial charge on any atom is -0.299 e. The van der Waals surface area contributed by atoms with Gasteiger partial charge in [-0.15, -0.1) is 0 Å². The van der Waals surface area contributed by atoms with Crippen molar-refractivity contribution in [2.45, 2.75) is 25.7 Å². The van der Waals surface area contributed by atoms with Crippen LogP contribution in [0.15, 0.2) is 23.8 Å². The zero-order chi connectivity index (χ0) is 9.97. The number of ketones is 1. The van der Waals surface area contributed by atoms with E-state index in [4.69, 9.17) is 0 Å². The van der Waals surface area contributed by atoms with Gasteiger partial charge in [0, 0.05) is 5.92 Å². The summed E-state index contributed by atoms with van der Waals surface area (Å²) < 4.78 is 0. The molecule has 74 valence electrons. The topological polar surface area (TPSA) is 34.1 Å². The zero-order valence-corrected chi connectivity index (χ0v) is 8.11. The molecule has 2 aliphatic carbocycles. The Labute approximate surface area is 83.7 Å². The molecule has 0 unspecified atom stereocenters. The predicted molar refractivity (Wildman–Crippen MR) is 53.7 cm³/mol. The third-order valence-electron chi connectivity index (χ3n) is 3.24. The van der Waals surface area contributed by atoms with Gasteiger partial charge >= 0.3 is 0 Å². The molecule has 0 bridgehead atoms. The highest BCUT2D eigenvalue weighted by Crippen LogP contribution is 2.40. The number of aldehydes is 1. The van der Waals surface area contributed by atoms with Gasteiger partial charge in [-0.3, -0.25) is 9.59 Å². The summed E-state index contributed by atoms with van der Waals surface area (Å²) in [6.45, 7) is 0. The van der Waals surface area contributed by atoms with Crippen LogP contribution in [0.3, 0.4) is 0 Å². The van der Waals surface area contributed by atoms with Crippen molar-refractivity contribution >= 4 is 12.1 Å². The van der Waals surface area contributed by atoms with E-state index in [0.29, 0.717) is 5.92 Å². The van der Waals surface area contributed by atoms with E-state index in [9.17, 15) is 9.59 Å². The van der Waals surface area contributed by atoms with Crippen molar-refractivity contribution in [2.24, 2.45) is 11.8 Å². The van der Waals surface area contributed by atoms with E-state index in [0.717, 1.165) is 24.7 Å². The summed E-state index contributed by atoms with van der Waals surface area (Å²) >= 11 is 0. The molecule has 0 amide bonds. The Morgan fingerprint density at radius 1 is 1.21 bits per heavy atom. The Kier molecular flexibility index (Phi) is 2.62. The van der Waals surface area contributed by atoms with Crippen LogP contribution in [-0.2, 0) is 9.59 Å². The van der Waals surface area contributed by atoms with Gasteiger partial charge < -0.3 is 0 Å². The second kappa shape index (κ2) is 3.91. The highest BCUT2D eigenvalue weighted by molar-refractivity contribution is 5.96. The van der Waals surface area contributed by atoms with Crippen LogP contribution < -0.4 is 0 Å². The normalized spacial score (nSPS) is 31.7. The van der Waals surface area contributed by atoms with Crippen LogP contribution in [0, 0.1) is 11.8 Å². The molecule has 2 rings (SSSR count). The van der Waals surface area contributed by atoms with Crippen LogP contribution in [0.1, 0.15) is 25.7 Å². The number of allylic oxidation sites excluding steroid dienone is 4. The minimum atomic E-state index is 0.218. The first-order valence-corrected chi connectivity index (χ1v) is 5.20. The predicted octanol–water partition coefficient (Wildman–Crippen LogP) is 2.06. The van der Waals surface area contributed by atoms with Crippen molar-refractivity contribution in [1.82, 2.24) is 0 Å². The zero-order valence-electron chi connectivity index (χ0n) is 8.11. The summed E-state index contributed by atoms with van der Waals surface area (Å²) in [6, 6.07) is 0. The monoisotopic (exact) mass is 190 g/mol. The molecule has 0 aromatic rings. The maximum absolute atomic E-state index is 11.6. The van der Waals surface area contributed by atoms with Crippen molar-refractivity contribution in [3.05, 3.63) is 23.8 Å². The number of carbonyl (C=O) groups excluding carboxylic acids is 2. The first kappa shape index (κ1) is 9.38. The van der Waals surface area contributed by atoms with Crippen molar-refractivity contribution in [3.63, 3.8) is 0 Å². The fourth-order valence-electron chi connectivity index (χ4n) is 2.57. The van der Waals surface area contributed by atoms with E-state index in [1.807, 2.05) is 0 Å². The lowest BCUT2D eigenvalue weighted by molar-refractivity contribution is -0.119. The molecule has 0 spiro atoms. The van der Waals surface area contributed by atoms with E-state index < -0.39 is 0 Å². The smallest absolute Gasteiger partial charge is 0.159 e. The lowest BCUT2D eigenvalue weighted by Gasteiger charge is -2.25. The highest BCUT2D eigenvalue weighted by Gasteiger charge is 2.36. The molecule has 1 saturated carbocycles. The van der Waals surface area contributed by atoms with E-state index >= 15 is 0 Å². The maximum atomic E-state index is 11.6. The Bertz CT molecular complexity index is 312. The van der Waals surface area contributed by atoms with Gasteiger partial charge in [-0.05, 0) is 36.5 Å². The number of carbonyl (C=O) groups is 2. The summed E-state index contributed by atoms with van der Waals surface area (Å²) in [5.41, 5.74) is 1.06. The first-order valence-electron chi connectivity index (χ1n) is 5.20. The first-order chi connectivity index (χ1) is 6.83. The molecule has 0 aromatic carbocycles. The van der Waals surface area contributed by atoms with Crippen LogP contribution in [0.4, 0.5) is 0 Å². The molecule has 1 fully saturated rings. The SMILES string of the molecule is O=C/C=C\C1=CC(=O)[C@H]2CCCC[C@H]12. The van der Waals surface area contributed by atoms with Crippen LogP contribution in [-0.4, -0.2) is 12.1 Å². The fraction of sp³-hybridized carbons (Fsp3) is 0.500. The molecule has 0 saturated heterocycles.